The van der Waals surface area contributed by atoms with E-state index in [1.807, 2.05) is 17.9 Å². The minimum Gasteiger partial charge on any atom is -0.314 e. The van der Waals surface area contributed by atoms with E-state index >= 15 is 0 Å². The number of hydrogen-bond donors (Lipinski definition) is 1. The molecule has 1 atom stereocenters. The highest BCUT2D eigenvalue weighted by molar-refractivity contribution is 5.03. The van der Waals surface area contributed by atoms with Crippen molar-refractivity contribution in [2.24, 2.45) is 7.05 Å². The van der Waals surface area contributed by atoms with Crippen molar-refractivity contribution in [1.29, 1.82) is 0 Å². The molecule has 0 aliphatic carbocycles. The zero-order valence-electron chi connectivity index (χ0n) is 9.45. The Morgan fingerprint density at radius 2 is 2.36 bits per heavy atom. The Hall–Kier alpha value is -0.830. The summed E-state index contributed by atoms with van der Waals surface area (Å²) in [4.78, 5) is 0. The quantitative estimate of drug-likeness (QED) is 0.749. The molecule has 0 saturated heterocycles. The third-order valence-electron chi connectivity index (χ3n) is 2.39. The van der Waals surface area contributed by atoms with Gasteiger partial charge in [-0.05, 0) is 31.9 Å². The molecule has 3 heteroatoms. The van der Waals surface area contributed by atoms with Gasteiger partial charge in [-0.25, -0.2) is 0 Å². The zero-order valence-corrected chi connectivity index (χ0v) is 9.45. The number of nitrogens with zero attached hydrogens (tertiary/aromatic N) is 2. The van der Waals surface area contributed by atoms with Gasteiger partial charge in [-0.3, -0.25) is 4.68 Å². The molecule has 14 heavy (non-hydrogen) atoms. The normalized spacial score (nSPS) is 13.1. The van der Waals surface area contributed by atoms with E-state index in [0.717, 1.165) is 13.0 Å². The Kier molecular flexibility index (Phi) is 4.66. The van der Waals surface area contributed by atoms with Crippen LogP contribution in [0.25, 0.3) is 0 Å². The molecule has 0 saturated carbocycles. The van der Waals surface area contributed by atoms with E-state index in [1.165, 1.54) is 18.4 Å². The molecular formula is C11H21N3. The van der Waals surface area contributed by atoms with Crippen LogP contribution in [0.5, 0.6) is 0 Å². The van der Waals surface area contributed by atoms with Crippen molar-refractivity contribution in [2.45, 2.75) is 39.2 Å². The molecule has 3 nitrogen and oxygen atoms in total. The summed E-state index contributed by atoms with van der Waals surface area (Å²) in [5, 5.41) is 7.64. The Balaban J connectivity index is 2.15. The van der Waals surface area contributed by atoms with Crippen molar-refractivity contribution in [1.82, 2.24) is 15.1 Å². The average Bonchev–Trinajstić information content (AvgIpc) is 2.52. The summed E-state index contributed by atoms with van der Waals surface area (Å²) in [6.07, 6.45) is 7.59. The first-order chi connectivity index (χ1) is 6.72. The van der Waals surface area contributed by atoms with Crippen molar-refractivity contribution < 1.29 is 0 Å². The molecule has 1 unspecified atom stereocenters. The van der Waals surface area contributed by atoms with Crippen molar-refractivity contribution >= 4 is 0 Å². The lowest BCUT2D eigenvalue weighted by molar-refractivity contribution is 0.512. The number of hydrogen-bond acceptors (Lipinski definition) is 2. The van der Waals surface area contributed by atoms with Gasteiger partial charge >= 0.3 is 0 Å². The third kappa shape index (κ3) is 3.92. The summed E-state index contributed by atoms with van der Waals surface area (Å²) in [5.74, 6) is 0. The van der Waals surface area contributed by atoms with E-state index < -0.39 is 0 Å². The van der Waals surface area contributed by atoms with E-state index in [9.17, 15) is 0 Å². The van der Waals surface area contributed by atoms with Crippen LogP contribution in [0.2, 0.25) is 0 Å². The molecule has 0 aliphatic heterocycles. The van der Waals surface area contributed by atoms with Gasteiger partial charge in [-0.1, -0.05) is 13.3 Å². The first-order valence-electron chi connectivity index (χ1n) is 5.43. The predicted molar refractivity (Wildman–Crippen MR) is 59.3 cm³/mol. The first-order valence-corrected chi connectivity index (χ1v) is 5.43. The number of aromatic nitrogens is 2. The maximum absolute atomic E-state index is 4.14. The van der Waals surface area contributed by atoms with Crippen LogP contribution in [-0.4, -0.2) is 22.4 Å². The fourth-order valence-corrected chi connectivity index (χ4v) is 1.60. The van der Waals surface area contributed by atoms with Crippen LogP contribution in [0.15, 0.2) is 12.4 Å². The Morgan fingerprint density at radius 3 is 2.93 bits per heavy atom. The fourth-order valence-electron chi connectivity index (χ4n) is 1.60. The maximum Gasteiger partial charge on any atom is 0.0522 e. The van der Waals surface area contributed by atoms with Crippen molar-refractivity contribution in [3.63, 3.8) is 0 Å². The molecule has 0 fully saturated rings. The fraction of sp³-hybridized carbons (Fsp3) is 0.727. The summed E-state index contributed by atoms with van der Waals surface area (Å²) in [6.45, 7) is 5.51. The summed E-state index contributed by atoms with van der Waals surface area (Å²) >= 11 is 0. The molecule has 1 N–H and O–H groups in total. The van der Waals surface area contributed by atoms with Crippen LogP contribution in [0.1, 0.15) is 32.3 Å². The molecule has 1 aromatic heterocycles. The van der Waals surface area contributed by atoms with Crippen molar-refractivity contribution in [3.05, 3.63) is 18.0 Å². The maximum atomic E-state index is 4.14. The second-order valence-electron chi connectivity index (χ2n) is 3.92. The van der Waals surface area contributed by atoms with Gasteiger partial charge in [0.15, 0.2) is 0 Å². The summed E-state index contributed by atoms with van der Waals surface area (Å²) in [5.41, 5.74) is 1.31. The van der Waals surface area contributed by atoms with Gasteiger partial charge in [-0.2, -0.15) is 5.10 Å². The molecule has 1 aromatic rings. The predicted octanol–water partition coefficient (Wildman–Crippen LogP) is 1.74. The highest BCUT2D eigenvalue weighted by Crippen LogP contribution is 1.98. The smallest absolute Gasteiger partial charge is 0.0522 e. The van der Waals surface area contributed by atoms with Gasteiger partial charge in [0.1, 0.15) is 0 Å². The van der Waals surface area contributed by atoms with E-state index in [1.54, 1.807) is 0 Å². The highest BCUT2D eigenvalue weighted by atomic mass is 15.2. The van der Waals surface area contributed by atoms with Crippen molar-refractivity contribution in [3.8, 4) is 0 Å². The van der Waals surface area contributed by atoms with Crippen LogP contribution in [-0.2, 0) is 13.5 Å². The van der Waals surface area contributed by atoms with Crippen LogP contribution in [0, 0.1) is 0 Å². The Labute approximate surface area is 86.5 Å². The van der Waals surface area contributed by atoms with Crippen LogP contribution >= 0.6 is 0 Å². The number of aryl methyl sites for hydroxylation is 1. The largest absolute Gasteiger partial charge is 0.314 e. The highest BCUT2D eigenvalue weighted by Gasteiger charge is 2.00. The van der Waals surface area contributed by atoms with Crippen LogP contribution in [0.4, 0.5) is 0 Å². The van der Waals surface area contributed by atoms with Gasteiger partial charge in [0.2, 0.25) is 0 Å². The molecule has 0 bridgehead atoms. The van der Waals surface area contributed by atoms with E-state index in [2.05, 4.69) is 30.5 Å². The van der Waals surface area contributed by atoms with Gasteiger partial charge < -0.3 is 5.32 Å². The zero-order chi connectivity index (χ0) is 10.4. The molecule has 0 aromatic carbocycles. The average molecular weight is 195 g/mol. The lowest BCUT2D eigenvalue weighted by Gasteiger charge is -2.11. The second kappa shape index (κ2) is 5.81. The molecule has 0 amide bonds. The topological polar surface area (TPSA) is 29.9 Å². The minimum absolute atomic E-state index is 0.636. The molecule has 0 aliphatic rings. The Bertz CT molecular complexity index is 255. The van der Waals surface area contributed by atoms with Gasteiger partial charge in [0.05, 0.1) is 6.20 Å². The SMILES string of the molecule is CCCC(C)NCCc1cnn(C)c1. The molecule has 1 rings (SSSR count). The molecule has 1 heterocycles. The van der Waals surface area contributed by atoms with Crippen LogP contribution in [0.3, 0.4) is 0 Å². The molecule has 80 valence electrons. The first kappa shape index (κ1) is 11.2. The number of nitrogens with one attached hydrogen (secondary N) is 1. The minimum atomic E-state index is 0.636. The van der Waals surface area contributed by atoms with E-state index in [-0.39, 0.29) is 0 Å². The molecule has 0 radical (unpaired) electrons. The van der Waals surface area contributed by atoms with E-state index in [4.69, 9.17) is 0 Å². The van der Waals surface area contributed by atoms with Crippen LogP contribution < -0.4 is 5.32 Å². The molecular weight excluding hydrogens is 174 g/mol. The summed E-state index contributed by atoms with van der Waals surface area (Å²) in [6, 6.07) is 0.636. The lowest BCUT2D eigenvalue weighted by Crippen LogP contribution is -2.27. The lowest BCUT2D eigenvalue weighted by atomic mass is 10.2. The van der Waals surface area contributed by atoms with Gasteiger partial charge in [0.25, 0.3) is 0 Å². The number of rotatable bonds is 6. The van der Waals surface area contributed by atoms with Gasteiger partial charge in [0, 0.05) is 19.3 Å². The third-order valence-corrected chi connectivity index (χ3v) is 2.39. The second-order valence-corrected chi connectivity index (χ2v) is 3.92. The van der Waals surface area contributed by atoms with Crippen molar-refractivity contribution in [2.75, 3.05) is 6.54 Å². The Morgan fingerprint density at radius 1 is 1.57 bits per heavy atom. The van der Waals surface area contributed by atoms with E-state index in [0.29, 0.717) is 6.04 Å². The van der Waals surface area contributed by atoms with Gasteiger partial charge in [-0.15, -0.1) is 0 Å². The summed E-state index contributed by atoms with van der Waals surface area (Å²) < 4.78 is 1.85. The molecule has 0 spiro atoms. The standard InChI is InChI=1S/C11H21N3/c1-4-5-10(2)12-7-6-11-8-13-14(3)9-11/h8-10,12H,4-7H2,1-3H3. The monoisotopic (exact) mass is 195 g/mol. The summed E-state index contributed by atoms with van der Waals surface area (Å²) in [7, 11) is 1.95.